The van der Waals surface area contributed by atoms with Gasteiger partial charge in [-0.2, -0.15) is 0 Å². The molecular formula is C14H20BrNO3. The minimum absolute atomic E-state index is 0.112. The van der Waals surface area contributed by atoms with E-state index in [1.807, 2.05) is 25.1 Å². The van der Waals surface area contributed by atoms with E-state index in [0.717, 1.165) is 28.9 Å². The lowest BCUT2D eigenvalue weighted by Gasteiger charge is -2.43. The topological polar surface area (TPSA) is 39.7 Å². The van der Waals surface area contributed by atoms with Gasteiger partial charge in [-0.1, -0.05) is 0 Å². The van der Waals surface area contributed by atoms with Gasteiger partial charge in [-0.3, -0.25) is 0 Å². The maximum atomic E-state index is 5.62. The minimum atomic E-state index is 0.112. The first-order chi connectivity index (χ1) is 9.19. The van der Waals surface area contributed by atoms with Crippen LogP contribution in [-0.2, 0) is 9.47 Å². The fourth-order valence-electron chi connectivity index (χ4n) is 2.39. The molecule has 1 aliphatic rings. The van der Waals surface area contributed by atoms with E-state index in [1.165, 1.54) is 0 Å². The number of benzene rings is 1. The lowest BCUT2D eigenvalue weighted by atomic mass is 9.85. The van der Waals surface area contributed by atoms with Gasteiger partial charge < -0.3 is 19.5 Å². The summed E-state index contributed by atoms with van der Waals surface area (Å²) in [6.45, 7) is 2.74. The van der Waals surface area contributed by atoms with E-state index in [9.17, 15) is 0 Å². The van der Waals surface area contributed by atoms with Gasteiger partial charge in [0.15, 0.2) is 0 Å². The first-order valence-corrected chi connectivity index (χ1v) is 7.23. The number of hydrogen-bond acceptors (Lipinski definition) is 4. The van der Waals surface area contributed by atoms with Crippen molar-refractivity contribution in [2.75, 3.05) is 26.1 Å². The summed E-state index contributed by atoms with van der Waals surface area (Å²) in [7, 11) is 3.39. The molecule has 1 aromatic carbocycles. The van der Waals surface area contributed by atoms with Crippen LogP contribution in [-0.4, -0.2) is 39.1 Å². The summed E-state index contributed by atoms with van der Waals surface area (Å²) in [5.41, 5.74) is 1.05. The van der Waals surface area contributed by atoms with Gasteiger partial charge in [-0.15, -0.1) is 0 Å². The monoisotopic (exact) mass is 329 g/mol. The number of methoxy groups -OCH3 is 2. The number of hydrogen-bond donors (Lipinski definition) is 1. The number of rotatable bonds is 6. The molecule has 1 aromatic rings. The highest BCUT2D eigenvalue weighted by Gasteiger charge is 2.42. The second-order valence-corrected chi connectivity index (χ2v) is 5.38. The van der Waals surface area contributed by atoms with Gasteiger partial charge in [0.1, 0.15) is 11.9 Å². The van der Waals surface area contributed by atoms with E-state index in [-0.39, 0.29) is 12.2 Å². The van der Waals surface area contributed by atoms with E-state index < -0.39 is 0 Å². The fourth-order valence-corrected chi connectivity index (χ4v) is 2.93. The molecule has 1 saturated carbocycles. The fraction of sp³-hybridized carbons (Fsp3) is 0.571. The van der Waals surface area contributed by atoms with Crippen molar-refractivity contribution < 1.29 is 14.2 Å². The molecule has 3 unspecified atom stereocenters. The van der Waals surface area contributed by atoms with Crippen LogP contribution in [0.1, 0.15) is 13.3 Å². The number of nitrogens with one attached hydrogen (secondary N) is 1. The molecule has 1 fully saturated rings. The number of ether oxygens (including phenoxy) is 3. The Morgan fingerprint density at radius 3 is 2.74 bits per heavy atom. The molecule has 106 valence electrons. The van der Waals surface area contributed by atoms with Gasteiger partial charge in [0.25, 0.3) is 0 Å². The smallest absolute Gasteiger partial charge is 0.133 e. The van der Waals surface area contributed by atoms with Crippen LogP contribution in [0.4, 0.5) is 5.69 Å². The SMILES string of the molecule is CCOC1CC(Nc2ccc(OC)c(Br)c2)C1OC. The normalized spacial score (nSPS) is 25.8. The molecule has 0 saturated heterocycles. The van der Waals surface area contributed by atoms with Crippen molar-refractivity contribution in [2.45, 2.75) is 31.6 Å². The summed E-state index contributed by atoms with van der Waals surface area (Å²) in [5.74, 6) is 0.828. The lowest BCUT2D eigenvalue weighted by molar-refractivity contribution is -0.118. The van der Waals surface area contributed by atoms with E-state index in [4.69, 9.17) is 14.2 Å². The zero-order valence-electron chi connectivity index (χ0n) is 11.5. The molecule has 0 radical (unpaired) electrons. The van der Waals surface area contributed by atoms with Crippen molar-refractivity contribution in [3.05, 3.63) is 22.7 Å². The van der Waals surface area contributed by atoms with Crippen molar-refractivity contribution in [3.63, 3.8) is 0 Å². The quantitative estimate of drug-likeness (QED) is 0.870. The standard InChI is InChI=1S/C14H20BrNO3/c1-4-19-13-8-11(14(13)18-3)16-9-5-6-12(17-2)10(15)7-9/h5-7,11,13-14,16H,4,8H2,1-3H3. The third-order valence-corrected chi connectivity index (χ3v) is 4.03. The van der Waals surface area contributed by atoms with Crippen LogP contribution in [0.15, 0.2) is 22.7 Å². The van der Waals surface area contributed by atoms with Gasteiger partial charge >= 0.3 is 0 Å². The predicted molar refractivity (Wildman–Crippen MR) is 78.9 cm³/mol. The summed E-state index contributed by atoms with van der Waals surface area (Å²) in [6.07, 6.45) is 1.28. The Morgan fingerprint density at radius 1 is 1.37 bits per heavy atom. The molecule has 1 N–H and O–H groups in total. The van der Waals surface area contributed by atoms with Crippen LogP contribution in [0.25, 0.3) is 0 Å². The molecule has 2 rings (SSSR count). The highest BCUT2D eigenvalue weighted by atomic mass is 79.9. The van der Waals surface area contributed by atoms with Crippen LogP contribution >= 0.6 is 15.9 Å². The average molecular weight is 330 g/mol. The molecular weight excluding hydrogens is 310 g/mol. The molecule has 0 spiro atoms. The third kappa shape index (κ3) is 3.22. The summed E-state index contributed by atoms with van der Waals surface area (Å²) >= 11 is 3.49. The zero-order chi connectivity index (χ0) is 13.8. The van der Waals surface area contributed by atoms with Crippen molar-refractivity contribution in [1.82, 2.24) is 0 Å². The molecule has 19 heavy (non-hydrogen) atoms. The van der Waals surface area contributed by atoms with Crippen LogP contribution in [0.5, 0.6) is 5.75 Å². The third-order valence-electron chi connectivity index (χ3n) is 3.41. The Balaban J connectivity index is 1.96. The van der Waals surface area contributed by atoms with Crippen molar-refractivity contribution in [1.29, 1.82) is 0 Å². The summed E-state index contributed by atoms with van der Waals surface area (Å²) < 4.78 is 17.3. The zero-order valence-corrected chi connectivity index (χ0v) is 13.1. The summed E-state index contributed by atoms with van der Waals surface area (Å²) in [6, 6.07) is 6.25. The first kappa shape index (κ1) is 14.6. The molecule has 0 aromatic heterocycles. The molecule has 0 aliphatic heterocycles. The first-order valence-electron chi connectivity index (χ1n) is 6.44. The lowest BCUT2D eigenvalue weighted by Crippen LogP contribution is -2.56. The number of anilines is 1. The Morgan fingerprint density at radius 2 is 2.16 bits per heavy atom. The second kappa shape index (κ2) is 6.59. The highest BCUT2D eigenvalue weighted by Crippen LogP contribution is 2.32. The van der Waals surface area contributed by atoms with Gasteiger partial charge in [0.2, 0.25) is 0 Å². The largest absolute Gasteiger partial charge is 0.496 e. The Kier molecular flexibility index (Phi) is 5.07. The van der Waals surface area contributed by atoms with Crippen LogP contribution in [0, 0.1) is 0 Å². The van der Waals surface area contributed by atoms with E-state index in [0.29, 0.717) is 6.04 Å². The molecule has 0 amide bonds. The minimum Gasteiger partial charge on any atom is -0.496 e. The van der Waals surface area contributed by atoms with Crippen LogP contribution in [0.2, 0.25) is 0 Å². The average Bonchev–Trinajstić information content (AvgIpc) is 2.38. The maximum absolute atomic E-state index is 5.62. The molecule has 1 aliphatic carbocycles. The molecule has 0 bridgehead atoms. The second-order valence-electron chi connectivity index (χ2n) is 4.53. The van der Waals surface area contributed by atoms with Gasteiger partial charge in [-0.25, -0.2) is 0 Å². The Labute approximate surface area is 122 Å². The Bertz CT molecular complexity index is 427. The van der Waals surface area contributed by atoms with Crippen molar-refractivity contribution in [3.8, 4) is 5.75 Å². The molecule has 0 heterocycles. The van der Waals surface area contributed by atoms with Gasteiger partial charge in [0, 0.05) is 19.4 Å². The van der Waals surface area contributed by atoms with Crippen molar-refractivity contribution in [2.24, 2.45) is 0 Å². The predicted octanol–water partition coefficient (Wildman–Crippen LogP) is 3.06. The molecule has 5 heteroatoms. The maximum Gasteiger partial charge on any atom is 0.133 e. The van der Waals surface area contributed by atoms with Gasteiger partial charge in [0.05, 0.1) is 23.7 Å². The van der Waals surface area contributed by atoms with Crippen LogP contribution in [0.3, 0.4) is 0 Å². The van der Waals surface area contributed by atoms with E-state index >= 15 is 0 Å². The highest BCUT2D eigenvalue weighted by molar-refractivity contribution is 9.10. The Hall–Kier alpha value is -0.780. The summed E-state index contributed by atoms with van der Waals surface area (Å²) in [5, 5.41) is 3.47. The van der Waals surface area contributed by atoms with E-state index in [1.54, 1.807) is 14.2 Å². The van der Waals surface area contributed by atoms with E-state index in [2.05, 4.69) is 21.2 Å². The van der Waals surface area contributed by atoms with Crippen LogP contribution < -0.4 is 10.1 Å². The van der Waals surface area contributed by atoms with Crippen molar-refractivity contribution >= 4 is 21.6 Å². The molecule has 4 nitrogen and oxygen atoms in total. The summed E-state index contributed by atoms with van der Waals surface area (Å²) in [4.78, 5) is 0. The number of halogens is 1. The van der Waals surface area contributed by atoms with Gasteiger partial charge in [-0.05, 0) is 47.5 Å². The molecule has 3 atom stereocenters.